The van der Waals surface area contributed by atoms with Gasteiger partial charge in [0.25, 0.3) is 0 Å². The molecular weight excluding hydrogens is 382 g/mol. The van der Waals surface area contributed by atoms with Crippen LogP contribution in [0.2, 0.25) is 0 Å². The summed E-state index contributed by atoms with van der Waals surface area (Å²) in [5, 5.41) is 18.9. The second kappa shape index (κ2) is 6.93. The van der Waals surface area contributed by atoms with E-state index in [2.05, 4.69) is 13.8 Å². The number of rotatable bonds is 3. The van der Waals surface area contributed by atoms with Gasteiger partial charge in [-0.25, -0.2) is 4.79 Å². The molecular formula is C24H37NO5. The van der Waals surface area contributed by atoms with Crippen LogP contribution in [-0.4, -0.2) is 58.4 Å². The van der Waals surface area contributed by atoms with E-state index in [1.54, 1.807) is 4.90 Å². The van der Waals surface area contributed by atoms with E-state index in [1.165, 1.54) is 6.42 Å². The predicted octanol–water partition coefficient (Wildman–Crippen LogP) is 3.14. The monoisotopic (exact) mass is 419 g/mol. The van der Waals surface area contributed by atoms with Crippen molar-refractivity contribution in [2.75, 3.05) is 19.7 Å². The number of hydrogen-bond donors (Lipinski definition) is 2. The lowest BCUT2D eigenvalue weighted by molar-refractivity contribution is -0.149. The molecule has 4 aliphatic carbocycles. The van der Waals surface area contributed by atoms with Crippen LogP contribution in [-0.2, 0) is 9.53 Å². The summed E-state index contributed by atoms with van der Waals surface area (Å²) in [7, 11) is 0. The molecule has 1 aliphatic heterocycles. The Labute approximate surface area is 179 Å². The van der Waals surface area contributed by atoms with Gasteiger partial charge in [0.2, 0.25) is 0 Å². The second-order valence-electron chi connectivity index (χ2n) is 11.5. The molecule has 1 unspecified atom stereocenters. The highest BCUT2D eigenvalue weighted by Crippen LogP contribution is 2.66. The molecule has 8 atom stereocenters. The molecule has 0 aromatic carbocycles. The number of β-amino-alcohol motifs (C(OH)–C–C–N with tert-alkyl or cyclic N) is 1. The summed E-state index contributed by atoms with van der Waals surface area (Å²) < 4.78 is 5.93. The number of amides is 1. The van der Waals surface area contributed by atoms with Crippen LogP contribution in [0.15, 0.2) is 0 Å². The first-order chi connectivity index (χ1) is 14.2. The molecule has 0 bridgehead atoms. The summed E-state index contributed by atoms with van der Waals surface area (Å²) >= 11 is 0. The molecule has 5 fully saturated rings. The average Bonchev–Trinajstić information content (AvgIpc) is 3.18. The molecule has 4 saturated carbocycles. The molecule has 1 saturated heterocycles. The summed E-state index contributed by atoms with van der Waals surface area (Å²) in [5.41, 5.74) is -0.239. The first-order valence-corrected chi connectivity index (χ1v) is 12.0. The van der Waals surface area contributed by atoms with E-state index >= 15 is 0 Å². The lowest BCUT2D eigenvalue weighted by atomic mass is 9.44. The highest BCUT2D eigenvalue weighted by molar-refractivity contribution is 5.87. The summed E-state index contributed by atoms with van der Waals surface area (Å²) in [4.78, 5) is 26.6. The fourth-order valence-corrected chi connectivity index (χ4v) is 8.46. The Hall–Kier alpha value is -1.14. The van der Waals surface area contributed by atoms with Crippen LogP contribution in [0.5, 0.6) is 0 Å². The molecule has 1 spiro atoms. The molecule has 6 heteroatoms. The average molecular weight is 420 g/mol. The second-order valence-corrected chi connectivity index (χ2v) is 11.5. The van der Waals surface area contributed by atoms with Crippen molar-refractivity contribution in [3.05, 3.63) is 0 Å². The van der Waals surface area contributed by atoms with Crippen LogP contribution in [0.25, 0.3) is 0 Å². The van der Waals surface area contributed by atoms with E-state index in [0.717, 1.165) is 51.4 Å². The molecule has 6 nitrogen and oxygen atoms in total. The molecule has 2 N–H and O–H groups in total. The third-order valence-electron chi connectivity index (χ3n) is 10.2. The number of carbonyl (C=O) groups is 2. The summed E-state index contributed by atoms with van der Waals surface area (Å²) in [6.07, 6.45) is 8.03. The first-order valence-electron chi connectivity index (χ1n) is 12.0. The molecule has 1 amide bonds. The van der Waals surface area contributed by atoms with Gasteiger partial charge in [0.05, 0.1) is 25.8 Å². The van der Waals surface area contributed by atoms with Crippen molar-refractivity contribution < 1.29 is 24.5 Å². The van der Waals surface area contributed by atoms with E-state index in [1.807, 2.05) is 0 Å². The van der Waals surface area contributed by atoms with Crippen molar-refractivity contribution in [1.29, 1.82) is 0 Å². The Bertz CT molecular complexity index is 741. The lowest BCUT2D eigenvalue weighted by Gasteiger charge is -2.61. The number of ether oxygens (including phenoxy) is 1. The van der Waals surface area contributed by atoms with Gasteiger partial charge in [0.1, 0.15) is 11.4 Å². The number of hydrogen-bond acceptors (Lipinski definition) is 5. The zero-order chi connectivity index (χ0) is 21.3. The van der Waals surface area contributed by atoms with E-state index in [0.29, 0.717) is 36.0 Å². The van der Waals surface area contributed by atoms with Crippen molar-refractivity contribution in [3.8, 4) is 0 Å². The normalized spacial score (nSPS) is 48.9. The summed E-state index contributed by atoms with van der Waals surface area (Å²) in [6, 6.07) is 0. The smallest absolute Gasteiger partial charge is 0.410 e. The standard InChI is InChI=1S/C24H37NO5/c1-22-9-10-24(14-25(21(29)30-24)12-16(27)13-26)11-15(22)3-4-17-18-5-6-20(28)23(18,2)8-7-19(17)22/h15-19,26-27H,3-14H2,1-2H3/t15-,16?,17-,18-,19-,22-,23-,24+/m0/s1. The zero-order valence-electron chi connectivity index (χ0n) is 18.4. The number of aliphatic hydroxyl groups excluding tert-OH is 2. The van der Waals surface area contributed by atoms with E-state index in [-0.39, 0.29) is 30.1 Å². The SMILES string of the molecule is C[C@]12CC[C@@]3(C[C@@H]1CC[C@@H]1[C@@H]2CC[C@]2(C)C(=O)CC[C@@H]12)CN(CC(O)CO)C(=O)O3. The van der Waals surface area contributed by atoms with E-state index in [4.69, 9.17) is 9.84 Å². The Morgan fingerprint density at radius 2 is 1.90 bits per heavy atom. The number of Topliss-reactive ketones (excluding diaryl/α,β-unsaturated/α-hetero) is 1. The molecule has 5 rings (SSSR count). The summed E-state index contributed by atoms with van der Waals surface area (Å²) in [6.45, 7) is 5.03. The third-order valence-corrected chi connectivity index (χ3v) is 10.2. The van der Waals surface area contributed by atoms with Crippen LogP contribution in [0, 0.1) is 34.5 Å². The third kappa shape index (κ3) is 2.89. The molecule has 0 radical (unpaired) electrons. The molecule has 0 aromatic rings. The van der Waals surface area contributed by atoms with Gasteiger partial charge in [0.15, 0.2) is 0 Å². The van der Waals surface area contributed by atoms with Crippen LogP contribution in [0.3, 0.4) is 0 Å². The van der Waals surface area contributed by atoms with Crippen LogP contribution in [0.4, 0.5) is 4.79 Å². The fourth-order valence-electron chi connectivity index (χ4n) is 8.46. The van der Waals surface area contributed by atoms with Crippen LogP contribution in [0.1, 0.15) is 71.6 Å². The number of ketones is 1. The minimum atomic E-state index is -0.914. The van der Waals surface area contributed by atoms with Gasteiger partial charge in [0, 0.05) is 11.8 Å². The minimum absolute atomic E-state index is 0.0741. The van der Waals surface area contributed by atoms with Gasteiger partial charge in [-0.05, 0) is 80.5 Å². The number of fused-ring (bicyclic) bond motifs is 5. The first kappa shape index (κ1) is 20.7. The fraction of sp³-hybridized carbons (Fsp3) is 0.917. The van der Waals surface area contributed by atoms with Crippen LogP contribution < -0.4 is 0 Å². The van der Waals surface area contributed by atoms with Crippen LogP contribution >= 0.6 is 0 Å². The Balaban J connectivity index is 1.32. The van der Waals surface area contributed by atoms with E-state index < -0.39 is 11.7 Å². The van der Waals surface area contributed by atoms with Gasteiger partial charge in [-0.3, -0.25) is 4.79 Å². The van der Waals surface area contributed by atoms with Crippen molar-refractivity contribution in [2.24, 2.45) is 34.5 Å². The molecule has 1 heterocycles. The Morgan fingerprint density at radius 3 is 2.67 bits per heavy atom. The highest BCUT2D eigenvalue weighted by atomic mass is 16.6. The van der Waals surface area contributed by atoms with Crippen molar-refractivity contribution in [3.63, 3.8) is 0 Å². The molecule has 30 heavy (non-hydrogen) atoms. The van der Waals surface area contributed by atoms with Gasteiger partial charge in [-0.1, -0.05) is 13.8 Å². The Kier molecular flexibility index (Phi) is 4.79. The van der Waals surface area contributed by atoms with Gasteiger partial charge in [-0.2, -0.15) is 0 Å². The zero-order valence-corrected chi connectivity index (χ0v) is 18.4. The lowest BCUT2D eigenvalue weighted by Crippen LogP contribution is -2.56. The topological polar surface area (TPSA) is 87.1 Å². The number of aliphatic hydroxyl groups is 2. The van der Waals surface area contributed by atoms with Crippen molar-refractivity contribution in [1.82, 2.24) is 4.90 Å². The van der Waals surface area contributed by atoms with Crippen molar-refractivity contribution in [2.45, 2.75) is 83.3 Å². The maximum absolute atomic E-state index is 12.6. The van der Waals surface area contributed by atoms with Gasteiger partial charge >= 0.3 is 6.09 Å². The molecule has 0 aromatic heterocycles. The highest BCUT2D eigenvalue weighted by Gasteiger charge is 2.62. The molecule has 5 aliphatic rings. The summed E-state index contributed by atoms with van der Waals surface area (Å²) in [5.74, 6) is 2.97. The predicted molar refractivity (Wildman–Crippen MR) is 111 cm³/mol. The minimum Gasteiger partial charge on any atom is -0.441 e. The largest absolute Gasteiger partial charge is 0.441 e. The van der Waals surface area contributed by atoms with E-state index in [9.17, 15) is 14.7 Å². The Morgan fingerprint density at radius 1 is 1.10 bits per heavy atom. The van der Waals surface area contributed by atoms with Gasteiger partial charge in [-0.15, -0.1) is 0 Å². The maximum atomic E-state index is 12.6. The number of carbonyl (C=O) groups excluding carboxylic acids is 2. The number of nitrogens with zero attached hydrogens (tertiary/aromatic N) is 1. The quantitative estimate of drug-likeness (QED) is 0.734. The van der Waals surface area contributed by atoms with Crippen molar-refractivity contribution >= 4 is 11.9 Å². The maximum Gasteiger partial charge on any atom is 0.410 e. The molecule has 168 valence electrons. The van der Waals surface area contributed by atoms with Gasteiger partial charge < -0.3 is 19.8 Å².